The van der Waals surface area contributed by atoms with Crippen molar-refractivity contribution in [3.05, 3.63) is 59.7 Å². The zero-order valence-electron chi connectivity index (χ0n) is 15.3. The molecular formula is C19H19N3O5S. The molecule has 28 heavy (non-hydrogen) atoms. The first-order valence-electron chi connectivity index (χ1n) is 8.29. The molecule has 8 nitrogen and oxygen atoms in total. The predicted molar refractivity (Wildman–Crippen MR) is 108 cm³/mol. The number of urea groups is 1. The van der Waals surface area contributed by atoms with Crippen LogP contribution in [0.2, 0.25) is 0 Å². The summed E-state index contributed by atoms with van der Waals surface area (Å²) >= 11 is 4.10. The molecule has 2 N–H and O–H groups in total. The van der Waals surface area contributed by atoms with Crippen molar-refractivity contribution in [2.45, 2.75) is 13.3 Å². The van der Waals surface area contributed by atoms with Crippen LogP contribution in [-0.2, 0) is 9.53 Å². The Hall–Kier alpha value is -3.33. The van der Waals surface area contributed by atoms with Crippen LogP contribution in [0.4, 0.5) is 21.0 Å². The molecule has 2 rings (SSSR count). The van der Waals surface area contributed by atoms with Crippen molar-refractivity contribution in [2.24, 2.45) is 0 Å². The van der Waals surface area contributed by atoms with E-state index in [0.717, 1.165) is 11.4 Å². The average molecular weight is 401 g/mol. The lowest BCUT2D eigenvalue weighted by Gasteiger charge is -2.20. The lowest BCUT2D eigenvalue weighted by atomic mass is 10.0. The Morgan fingerprint density at radius 2 is 1.71 bits per heavy atom. The van der Waals surface area contributed by atoms with Crippen LogP contribution < -0.4 is 14.9 Å². The van der Waals surface area contributed by atoms with Crippen LogP contribution in [0, 0.1) is 0 Å². The highest BCUT2D eigenvalue weighted by atomic mass is 32.1. The number of nitrogens with one attached hydrogen (secondary N) is 2. The number of benzene rings is 2. The summed E-state index contributed by atoms with van der Waals surface area (Å²) in [6, 6.07) is 12.1. The summed E-state index contributed by atoms with van der Waals surface area (Å²) in [4.78, 5) is 48.0. The summed E-state index contributed by atoms with van der Waals surface area (Å²) in [6.07, 6.45) is -0.759. The fourth-order valence-electron chi connectivity index (χ4n) is 2.25. The summed E-state index contributed by atoms with van der Waals surface area (Å²) in [6.45, 7) is 1.67. The minimum atomic E-state index is -0.972. The molecule has 0 saturated carbocycles. The normalized spacial score (nSPS) is 9.96. The monoisotopic (exact) mass is 401 g/mol. The predicted octanol–water partition coefficient (Wildman–Crippen LogP) is 3.39. The summed E-state index contributed by atoms with van der Waals surface area (Å²) < 4.78 is 5.19. The van der Waals surface area contributed by atoms with Gasteiger partial charge in [-0.15, -0.1) is 0 Å². The molecule has 0 radical (unpaired) electrons. The molecule has 0 aliphatic rings. The van der Waals surface area contributed by atoms with Gasteiger partial charge in [0.15, 0.2) is 5.78 Å². The average Bonchev–Trinajstić information content (AvgIpc) is 2.73. The second-order valence-corrected chi connectivity index (χ2v) is 5.96. The van der Waals surface area contributed by atoms with Gasteiger partial charge in [-0.1, -0.05) is 50.1 Å². The maximum atomic E-state index is 12.7. The number of methoxy groups -OCH3 is 1. The van der Waals surface area contributed by atoms with Gasteiger partial charge in [0.1, 0.15) is 0 Å². The van der Waals surface area contributed by atoms with Gasteiger partial charge in [-0.2, -0.15) is 0 Å². The second-order valence-electron chi connectivity index (χ2n) is 5.56. The SMILES string of the molecule is CCC(=O)Nc1ccc(C(=O)c2ccccc2)cc1N(S)C(=O)NC(=O)OC. The van der Waals surface area contributed by atoms with Gasteiger partial charge < -0.3 is 10.1 Å². The third-order valence-electron chi connectivity index (χ3n) is 3.71. The van der Waals surface area contributed by atoms with Crippen molar-refractivity contribution in [3.63, 3.8) is 0 Å². The van der Waals surface area contributed by atoms with Gasteiger partial charge in [-0.25, -0.2) is 19.2 Å². The molecule has 0 spiro atoms. The summed E-state index contributed by atoms with van der Waals surface area (Å²) in [5, 5.41) is 4.59. The summed E-state index contributed by atoms with van der Waals surface area (Å²) in [5.74, 6) is -0.566. The minimum absolute atomic E-state index is 0.119. The van der Waals surface area contributed by atoms with Crippen LogP contribution >= 0.6 is 12.8 Å². The molecule has 0 aliphatic carbocycles. The highest BCUT2D eigenvalue weighted by molar-refractivity contribution is 7.82. The van der Waals surface area contributed by atoms with E-state index >= 15 is 0 Å². The van der Waals surface area contributed by atoms with E-state index in [0.29, 0.717) is 5.56 Å². The van der Waals surface area contributed by atoms with E-state index in [-0.39, 0.29) is 35.0 Å². The molecule has 2 aromatic rings. The molecule has 0 atom stereocenters. The standard InChI is InChI=1S/C19H19N3O5S/c1-3-16(23)20-14-10-9-13(17(24)12-7-5-4-6-8-12)11-15(14)22(28)18(25)21-19(26)27-2/h4-11,28H,3H2,1-2H3,(H,20,23)(H,21,25,26). The molecule has 9 heteroatoms. The molecule has 0 fully saturated rings. The van der Waals surface area contributed by atoms with E-state index in [1.54, 1.807) is 37.3 Å². The number of carbonyl (C=O) groups is 4. The van der Waals surface area contributed by atoms with Crippen LogP contribution in [0.1, 0.15) is 29.3 Å². The van der Waals surface area contributed by atoms with E-state index in [1.807, 2.05) is 5.32 Å². The molecule has 2 aromatic carbocycles. The van der Waals surface area contributed by atoms with Crippen LogP contribution in [0.5, 0.6) is 0 Å². The fraction of sp³-hybridized carbons (Fsp3) is 0.158. The number of ether oxygens (including phenoxy) is 1. The molecule has 0 unspecified atom stereocenters. The molecule has 0 saturated heterocycles. The number of thiol groups is 1. The van der Waals surface area contributed by atoms with Gasteiger partial charge in [0.25, 0.3) is 0 Å². The third kappa shape index (κ3) is 5.10. The van der Waals surface area contributed by atoms with Gasteiger partial charge in [-0.3, -0.25) is 9.59 Å². The first kappa shape index (κ1) is 21.0. The van der Waals surface area contributed by atoms with Crippen molar-refractivity contribution in [1.82, 2.24) is 5.32 Å². The largest absolute Gasteiger partial charge is 0.453 e. The van der Waals surface area contributed by atoms with Crippen LogP contribution in [0.15, 0.2) is 48.5 Å². The Kier molecular flexibility index (Phi) is 7.16. The number of hydrogen-bond acceptors (Lipinski definition) is 6. The lowest BCUT2D eigenvalue weighted by Crippen LogP contribution is -2.38. The first-order valence-corrected chi connectivity index (χ1v) is 8.69. The van der Waals surface area contributed by atoms with Crippen LogP contribution in [0.25, 0.3) is 0 Å². The van der Waals surface area contributed by atoms with Crippen molar-refractivity contribution in [3.8, 4) is 0 Å². The van der Waals surface area contributed by atoms with Gasteiger partial charge >= 0.3 is 12.1 Å². The van der Waals surface area contributed by atoms with Crippen molar-refractivity contribution in [1.29, 1.82) is 0 Å². The van der Waals surface area contributed by atoms with Gasteiger partial charge in [0, 0.05) is 17.5 Å². The smallest absolute Gasteiger partial charge is 0.415 e. The highest BCUT2D eigenvalue weighted by Crippen LogP contribution is 2.30. The van der Waals surface area contributed by atoms with Gasteiger partial charge in [0.2, 0.25) is 5.91 Å². The molecule has 4 amide bonds. The van der Waals surface area contributed by atoms with E-state index < -0.39 is 12.1 Å². The molecule has 0 bridgehead atoms. The molecule has 0 aromatic heterocycles. The maximum Gasteiger partial charge on any atom is 0.415 e. The van der Waals surface area contributed by atoms with E-state index in [9.17, 15) is 19.2 Å². The second kappa shape index (κ2) is 9.56. The number of rotatable bonds is 5. The van der Waals surface area contributed by atoms with E-state index in [2.05, 4.69) is 22.9 Å². The molecular weight excluding hydrogens is 382 g/mol. The number of ketones is 1. The number of carbonyl (C=O) groups excluding carboxylic acids is 4. The minimum Gasteiger partial charge on any atom is -0.453 e. The lowest BCUT2D eigenvalue weighted by molar-refractivity contribution is -0.115. The Morgan fingerprint density at radius 3 is 2.32 bits per heavy atom. The number of amides is 4. The van der Waals surface area contributed by atoms with E-state index in [4.69, 9.17) is 0 Å². The summed E-state index contributed by atoms with van der Waals surface area (Å²) in [7, 11) is 1.11. The quantitative estimate of drug-likeness (QED) is 0.526. The van der Waals surface area contributed by atoms with Crippen molar-refractivity contribution >= 4 is 48.0 Å². The van der Waals surface area contributed by atoms with Crippen molar-refractivity contribution in [2.75, 3.05) is 16.7 Å². The topological polar surface area (TPSA) is 105 Å². The number of nitrogens with zero attached hydrogens (tertiary/aromatic N) is 1. The zero-order valence-corrected chi connectivity index (χ0v) is 16.2. The number of anilines is 2. The zero-order chi connectivity index (χ0) is 20.7. The van der Waals surface area contributed by atoms with Crippen LogP contribution in [-0.4, -0.2) is 30.9 Å². The molecule has 146 valence electrons. The number of alkyl carbamates (subject to hydrolysis) is 1. The Balaban J connectivity index is 2.43. The van der Waals surface area contributed by atoms with Crippen LogP contribution in [0.3, 0.4) is 0 Å². The molecule has 0 heterocycles. The third-order valence-corrected chi connectivity index (χ3v) is 4.10. The van der Waals surface area contributed by atoms with Crippen molar-refractivity contribution < 1.29 is 23.9 Å². The summed E-state index contributed by atoms with van der Waals surface area (Å²) in [5.41, 5.74) is 1.11. The maximum absolute atomic E-state index is 12.7. The Labute approximate surface area is 167 Å². The Bertz CT molecular complexity index is 902. The first-order chi connectivity index (χ1) is 13.4. The van der Waals surface area contributed by atoms with Gasteiger partial charge in [-0.05, 0) is 18.2 Å². The fourth-order valence-corrected chi connectivity index (χ4v) is 2.46. The number of hydrogen-bond donors (Lipinski definition) is 3. The molecule has 0 aliphatic heterocycles. The number of imide groups is 1. The van der Waals surface area contributed by atoms with Gasteiger partial charge in [0.05, 0.1) is 18.5 Å². The highest BCUT2D eigenvalue weighted by Gasteiger charge is 2.21. The van der Waals surface area contributed by atoms with E-state index in [1.165, 1.54) is 18.2 Å². The Morgan fingerprint density at radius 1 is 1.04 bits per heavy atom.